The fourth-order valence-corrected chi connectivity index (χ4v) is 1.80. The van der Waals surface area contributed by atoms with Crippen molar-refractivity contribution in [1.82, 2.24) is 10.3 Å². The third-order valence-electron chi connectivity index (χ3n) is 2.61. The van der Waals surface area contributed by atoms with Crippen LogP contribution in [0.2, 0.25) is 0 Å². The lowest BCUT2D eigenvalue weighted by Gasteiger charge is -2.22. The van der Waals surface area contributed by atoms with Crippen LogP contribution in [0, 0.1) is 0 Å². The number of carbonyl (C=O) groups is 1. The summed E-state index contributed by atoms with van der Waals surface area (Å²) in [5.41, 5.74) is 1.69. The molecule has 0 aromatic carbocycles. The Bertz CT molecular complexity index is 302. The Morgan fingerprint density at radius 2 is 2.36 bits per heavy atom. The van der Waals surface area contributed by atoms with E-state index < -0.39 is 0 Å². The molecule has 1 aliphatic heterocycles. The van der Waals surface area contributed by atoms with Gasteiger partial charge in [0.1, 0.15) is 0 Å². The second kappa shape index (κ2) is 4.33. The molecule has 0 bridgehead atoms. The van der Waals surface area contributed by atoms with Gasteiger partial charge in [-0.05, 0) is 31.5 Å². The van der Waals surface area contributed by atoms with Crippen LogP contribution in [0.4, 0.5) is 0 Å². The van der Waals surface area contributed by atoms with Crippen LogP contribution in [0.15, 0.2) is 18.3 Å². The van der Waals surface area contributed by atoms with E-state index in [9.17, 15) is 4.79 Å². The first-order valence-electron chi connectivity index (χ1n) is 5.04. The first-order chi connectivity index (χ1) is 6.90. The van der Waals surface area contributed by atoms with Crippen LogP contribution in [0.25, 0.3) is 0 Å². The molecule has 2 rings (SSSR count). The molecule has 1 N–H and O–H groups in total. The Morgan fingerprint density at radius 3 is 2.93 bits per heavy atom. The number of nitrogens with zero attached hydrogens (tertiary/aromatic N) is 1. The smallest absolute Gasteiger partial charge is 0.151 e. The van der Waals surface area contributed by atoms with Gasteiger partial charge in [-0.1, -0.05) is 6.42 Å². The summed E-state index contributed by atoms with van der Waals surface area (Å²) >= 11 is 0. The number of hydrogen-bond acceptors (Lipinski definition) is 3. The van der Waals surface area contributed by atoms with E-state index >= 15 is 0 Å². The van der Waals surface area contributed by atoms with E-state index in [0.717, 1.165) is 24.9 Å². The highest BCUT2D eigenvalue weighted by molar-refractivity contribution is 5.73. The van der Waals surface area contributed by atoms with Gasteiger partial charge in [-0.2, -0.15) is 0 Å². The van der Waals surface area contributed by atoms with Gasteiger partial charge in [-0.3, -0.25) is 9.78 Å². The Balaban J connectivity index is 2.11. The molecule has 0 saturated carbocycles. The van der Waals surface area contributed by atoms with Crippen molar-refractivity contribution >= 4 is 6.29 Å². The monoisotopic (exact) mass is 190 g/mol. The van der Waals surface area contributed by atoms with Crippen LogP contribution in [0.5, 0.6) is 0 Å². The van der Waals surface area contributed by atoms with Gasteiger partial charge in [0.25, 0.3) is 0 Å². The second-order valence-corrected chi connectivity index (χ2v) is 3.64. The first kappa shape index (κ1) is 9.34. The third kappa shape index (κ3) is 1.99. The summed E-state index contributed by atoms with van der Waals surface area (Å²) < 4.78 is 0. The molecule has 0 radical (unpaired) electrons. The summed E-state index contributed by atoms with van der Waals surface area (Å²) in [6.45, 7) is 1.07. The Hall–Kier alpha value is -1.22. The van der Waals surface area contributed by atoms with E-state index in [-0.39, 0.29) is 0 Å². The standard InChI is InChI=1S/C11H14N2O/c14-8-9-4-5-11(13-7-9)10-3-1-2-6-12-10/h4-5,7-8,10,12H,1-3,6H2/t10-/m1/s1. The molecule has 0 aliphatic carbocycles. The van der Waals surface area contributed by atoms with Crippen LogP contribution in [-0.2, 0) is 0 Å². The predicted molar refractivity (Wildman–Crippen MR) is 54.2 cm³/mol. The number of pyridine rings is 1. The minimum absolute atomic E-state index is 0.379. The lowest BCUT2D eigenvalue weighted by atomic mass is 10.0. The molecule has 14 heavy (non-hydrogen) atoms. The topological polar surface area (TPSA) is 42.0 Å². The number of piperidine rings is 1. The maximum atomic E-state index is 10.4. The van der Waals surface area contributed by atoms with Gasteiger partial charge in [0, 0.05) is 17.8 Å². The van der Waals surface area contributed by atoms with Gasteiger partial charge in [0.2, 0.25) is 0 Å². The first-order valence-corrected chi connectivity index (χ1v) is 5.04. The number of aldehydes is 1. The number of aromatic nitrogens is 1. The molecule has 1 saturated heterocycles. The minimum atomic E-state index is 0.379. The molecule has 1 fully saturated rings. The zero-order valence-electron chi connectivity index (χ0n) is 8.07. The average molecular weight is 190 g/mol. The molecule has 0 unspecified atom stereocenters. The van der Waals surface area contributed by atoms with Crippen molar-refractivity contribution in [1.29, 1.82) is 0 Å². The minimum Gasteiger partial charge on any atom is -0.309 e. The summed E-state index contributed by atoms with van der Waals surface area (Å²) in [4.78, 5) is 14.7. The molecule has 74 valence electrons. The van der Waals surface area contributed by atoms with Crippen LogP contribution in [0.3, 0.4) is 0 Å². The Morgan fingerprint density at radius 1 is 1.43 bits per heavy atom. The summed E-state index contributed by atoms with van der Waals surface area (Å²) in [5, 5.41) is 3.42. The summed E-state index contributed by atoms with van der Waals surface area (Å²) in [6, 6.07) is 4.14. The van der Waals surface area contributed by atoms with Crippen molar-refractivity contribution < 1.29 is 4.79 Å². The quantitative estimate of drug-likeness (QED) is 0.722. The summed E-state index contributed by atoms with van der Waals surface area (Å²) in [6.07, 6.45) is 6.12. The predicted octanol–water partition coefficient (Wildman–Crippen LogP) is 1.71. The fraction of sp³-hybridized carbons (Fsp3) is 0.455. The van der Waals surface area contributed by atoms with Crippen molar-refractivity contribution in [2.24, 2.45) is 0 Å². The lowest BCUT2D eigenvalue weighted by Crippen LogP contribution is -2.27. The van der Waals surface area contributed by atoms with Crippen molar-refractivity contribution in [3.63, 3.8) is 0 Å². The molecule has 3 nitrogen and oxygen atoms in total. The van der Waals surface area contributed by atoms with Crippen LogP contribution >= 0.6 is 0 Å². The summed E-state index contributed by atoms with van der Waals surface area (Å²) in [7, 11) is 0. The Kier molecular flexibility index (Phi) is 2.89. The van der Waals surface area contributed by atoms with Crippen LogP contribution < -0.4 is 5.32 Å². The van der Waals surface area contributed by atoms with E-state index in [1.54, 1.807) is 6.20 Å². The highest BCUT2D eigenvalue weighted by Gasteiger charge is 2.15. The van der Waals surface area contributed by atoms with Gasteiger partial charge in [0.15, 0.2) is 6.29 Å². The molecule has 1 aliphatic rings. The van der Waals surface area contributed by atoms with E-state index in [2.05, 4.69) is 10.3 Å². The highest BCUT2D eigenvalue weighted by Crippen LogP contribution is 2.20. The van der Waals surface area contributed by atoms with Gasteiger partial charge in [-0.15, -0.1) is 0 Å². The van der Waals surface area contributed by atoms with Crippen molar-refractivity contribution in [2.45, 2.75) is 25.3 Å². The highest BCUT2D eigenvalue weighted by atomic mass is 16.1. The molecule has 1 atom stereocenters. The van der Waals surface area contributed by atoms with E-state index in [0.29, 0.717) is 11.6 Å². The van der Waals surface area contributed by atoms with Crippen molar-refractivity contribution in [3.8, 4) is 0 Å². The maximum absolute atomic E-state index is 10.4. The molecule has 0 spiro atoms. The van der Waals surface area contributed by atoms with Gasteiger partial charge >= 0.3 is 0 Å². The third-order valence-corrected chi connectivity index (χ3v) is 2.61. The van der Waals surface area contributed by atoms with Crippen molar-refractivity contribution in [3.05, 3.63) is 29.6 Å². The van der Waals surface area contributed by atoms with Crippen LogP contribution in [-0.4, -0.2) is 17.8 Å². The number of rotatable bonds is 2. The van der Waals surface area contributed by atoms with Gasteiger partial charge in [-0.25, -0.2) is 0 Å². The van der Waals surface area contributed by atoms with Gasteiger partial charge in [0.05, 0.1) is 5.69 Å². The van der Waals surface area contributed by atoms with E-state index in [1.165, 1.54) is 12.8 Å². The number of carbonyl (C=O) groups excluding carboxylic acids is 1. The van der Waals surface area contributed by atoms with Crippen LogP contribution in [0.1, 0.15) is 41.4 Å². The molecule has 3 heteroatoms. The molecule has 1 aromatic rings. The lowest BCUT2D eigenvalue weighted by molar-refractivity contribution is 0.112. The largest absolute Gasteiger partial charge is 0.309 e. The van der Waals surface area contributed by atoms with Gasteiger partial charge < -0.3 is 5.32 Å². The SMILES string of the molecule is O=Cc1ccc([C@H]2CCCCN2)nc1. The fourth-order valence-electron chi connectivity index (χ4n) is 1.80. The Labute approximate surface area is 83.5 Å². The average Bonchev–Trinajstić information content (AvgIpc) is 2.30. The molecule has 2 heterocycles. The zero-order chi connectivity index (χ0) is 9.80. The van der Waals surface area contributed by atoms with Crippen molar-refractivity contribution in [2.75, 3.05) is 6.54 Å². The molecule has 1 aromatic heterocycles. The molecule has 0 amide bonds. The number of hydrogen-bond donors (Lipinski definition) is 1. The zero-order valence-corrected chi connectivity index (χ0v) is 8.07. The number of nitrogens with one attached hydrogen (secondary N) is 1. The van der Waals surface area contributed by atoms with E-state index in [4.69, 9.17) is 0 Å². The van der Waals surface area contributed by atoms with E-state index in [1.807, 2.05) is 12.1 Å². The second-order valence-electron chi connectivity index (χ2n) is 3.64. The molecular formula is C11H14N2O. The normalized spacial score (nSPS) is 21.9. The summed E-state index contributed by atoms with van der Waals surface area (Å²) in [5.74, 6) is 0. The maximum Gasteiger partial charge on any atom is 0.151 e. The molecular weight excluding hydrogens is 176 g/mol.